The third-order valence-corrected chi connectivity index (χ3v) is 10.7. The second-order valence-electron chi connectivity index (χ2n) is 13.0. The molecule has 0 saturated carbocycles. The minimum absolute atomic E-state index is 0.218. The van der Waals surface area contributed by atoms with Gasteiger partial charge in [0.05, 0.1) is 23.1 Å². The minimum Gasteiger partial charge on any atom is -0.400 e. The van der Waals surface area contributed by atoms with E-state index in [0.29, 0.717) is 37.0 Å². The first-order valence-electron chi connectivity index (χ1n) is 15.8. The van der Waals surface area contributed by atoms with Gasteiger partial charge in [0.25, 0.3) is 0 Å². The molecule has 9 N–H and O–H groups in total. The normalized spacial score (nSPS) is 38.8. The summed E-state index contributed by atoms with van der Waals surface area (Å²) >= 11 is 1.25. The first kappa shape index (κ1) is 33.2. The SMILES string of the molecule is CC(C)C[C@@H]1CCO[C@@H]2[C@H](CN[C@@H]2C(=O)N[C@@H]2C/C=C\C[C@@H](/C(N)=C/N(N)c3ccccc3)SC3OC2C(O)C(O)C3O)C1. The quantitative estimate of drug-likeness (QED) is 0.131. The number of anilines is 1. The van der Waals surface area contributed by atoms with Crippen LogP contribution >= 0.6 is 11.8 Å². The van der Waals surface area contributed by atoms with Gasteiger partial charge in [0.2, 0.25) is 5.91 Å². The van der Waals surface area contributed by atoms with E-state index < -0.39 is 41.9 Å². The molecule has 244 valence electrons. The van der Waals surface area contributed by atoms with Crippen LogP contribution in [0.1, 0.15) is 46.0 Å². The Balaban J connectivity index is 1.29. The largest absolute Gasteiger partial charge is 0.400 e. The summed E-state index contributed by atoms with van der Waals surface area (Å²) in [6.07, 6.45) is 4.19. The molecule has 0 aliphatic carbocycles. The Morgan fingerprint density at radius 3 is 2.64 bits per heavy atom. The summed E-state index contributed by atoms with van der Waals surface area (Å²) in [6, 6.07) is 8.22. The molecule has 4 aliphatic heterocycles. The van der Waals surface area contributed by atoms with Crippen molar-refractivity contribution in [2.24, 2.45) is 29.3 Å². The number of para-hydroxylation sites is 1. The summed E-state index contributed by atoms with van der Waals surface area (Å²) in [7, 11) is 0. The number of fused-ring (bicyclic) bond motifs is 3. The van der Waals surface area contributed by atoms with E-state index >= 15 is 0 Å². The first-order valence-corrected chi connectivity index (χ1v) is 16.8. The zero-order valence-corrected chi connectivity index (χ0v) is 26.4. The number of aliphatic hydroxyl groups excluding tert-OH is 3. The summed E-state index contributed by atoms with van der Waals surface area (Å²) in [4.78, 5) is 13.7. The second kappa shape index (κ2) is 15.0. The number of benzene rings is 1. The van der Waals surface area contributed by atoms with Gasteiger partial charge in [-0.15, -0.1) is 11.8 Å². The molecule has 0 aromatic heterocycles. The first-order chi connectivity index (χ1) is 21.1. The van der Waals surface area contributed by atoms with Crippen molar-refractivity contribution in [2.75, 3.05) is 18.2 Å². The fourth-order valence-corrected chi connectivity index (χ4v) is 8.23. The Bertz CT molecular complexity index is 1160. The zero-order valence-electron chi connectivity index (χ0n) is 25.6. The fraction of sp³-hybridized carbons (Fsp3) is 0.656. The van der Waals surface area contributed by atoms with E-state index in [2.05, 4.69) is 24.5 Å². The smallest absolute Gasteiger partial charge is 0.240 e. The van der Waals surface area contributed by atoms with Gasteiger partial charge in [-0.25, -0.2) is 5.84 Å². The van der Waals surface area contributed by atoms with Gasteiger partial charge in [-0.3, -0.25) is 9.80 Å². The van der Waals surface area contributed by atoms with Crippen LogP contribution in [0.5, 0.6) is 0 Å². The Kier molecular flexibility index (Phi) is 11.3. The molecule has 44 heavy (non-hydrogen) atoms. The molecule has 5 rings (SSSR count). The van der Waals surface area contributed by atoms with Crippen molar-refractivity contribution in [3.8, 4) is 0 Å². The topological polar surface area (TPSA) is 176 Å². The molecular formula is C32H49N5O6S. The maximum atomic E-state index is 13.7. The molecular weight excluding hydrogens is 582 g/mol. The van der Waals surface area contributed by atoms with E-state index in [0.717, 1.165) is 31.5 Å². The minimum atomic E-state index is -1.47. The standard InChI is InChI=1S/C32H49N5O6S/c1-18(2)14-19-12-13-42-29-20(15-19)16-35-25(29)31(41)36-23-10-6-7-11-24(22(33)17-37(34)21-8-4-3-5-9-21)44-32-28(40)26(38)27(39)30(23)43-32/h3-9,17-20,23-30,32,35,38-40H,10-16,33-34H2,1-2H3,(H,36,41)/b7-6-,22-17-/t19-,20-,23+,24-,25-,26?,27?,28?,29+,30?,32?/m0/s1. The summed E-state index contributed by atoms with van der Waals surface area (Å²) < 4.78 is 12.5. The lowest BCUT2D eigenvalue weighted by Crippen LogP contribution is -2.64. The van der Waals surface area contributed by atoms with Gasteiger partial charge in [-0.2, -0.15) is 0 Å². The highest BCUT2D eigenvalue weighted by atomic mass is 32.2. The Labute approximate surface area is 264 Å². The van der Waals surface area contributed by atoms with Gasteiger partial charge >= 0.3 is 0 Å². The van der Waals surface area contributed by atoms with E-state index in [4.69, 9.17) is 21.1 Å². The van der Waals surface area contributed by atoms with Gasteiger partial charge in [0, 0.05) is 25.0 Å². The average Bonchev–Trinajstić information content (AvgIpc) is 3.29. The van der Waals surface area contributed by atoms with Crippen molar-refractivity contribution in [2.45, 2.75) is 99.2 Å². The van der Waals surface area contributed by atoms with Crippen LogP contribution in [0.2, 0.25) is 0 Å². The number of rotatable bonds is 7. The third-order valence-electron chi connectivity index (χ3n) is 9.20. The summed E-state index contributed by atoms with van der Waals surface area (Å²) in [6.45, 7) is 5.84. The molecule has 0 radical (unpaired) electrons. The molecule has 3 saturated heterocycles. The van der Waals surface area contributed by atoms with Crippen LogP contribution in [0.15, 0.2) is 54.4 Å². The maximum Gasteiger partial charge on any atom is 0.240 e. The number of hydrazine groups is 1. The van der Waals surface area contributed by atoms with Crippen molar-refractivity contribution < 1.29 is 29.6 Å². The van der Waals surface area contributed by atoms with E-state index in [1.807, 2.05) is 42.5 Å². The zero-order chi connectivity index (χ0) is 31.4. The second-order valence-corrected chi connectivity index (χ2v) is 14.3. The van der Waals surface area contributed by atoms with Crippen molar-refractivity contribution in [1.82, 2.24) is 10.6 Å². The lowest BCUT2D eigenvalue weighted by atomic mass is 9.85. The molecule has 3 fully saturated rings. The van der Waals surface area contributed by atoms with Crippen LogP contribution < -0.4 is 27.2 Å². The highest BCUT2D eigenvalue weighted by Crippen LogP contribution is 2.37. The summed E-state index contributed by atoms with van der Waals surface area (Å²) in [5.41, 5.74) is 6.81. The van der Waals surface area contributed by atoms with Crippen molar-refractivity contribution in [3.63, 3.8) is 0 Å². The number of aliphatic hydroxyl groups is 3. The molecule has 4 aliphatic rings. The number of carbonyl (C=O) groups excluding carboxylic acids is 1. The van der Waals surface area contributed by atoms with E-state index in [1.165, 1.54) is 16.8 Å². The molecule has 1 aromatic rings. The molecule has 11 atom stereocenters. The highest BCUT2D eigenvalue weighted by molar-refractivity contribution is 8.00. The molecule has 1 amide bonds. The molecule has 12 heteroatoms. The van der Waals surface area contributed by atoms with E-state index in [1.54, 1.807) is 6.20 Å². The number of hydrogen-bond donors (Lipinski definition) is 7. The Morgan fingerprint density at radius 2 is 1.89 bits per heavy atom. The predicted molar refractivity (Wildman–Crippen MR) is 171 cm³/mol. The van der Waals surface area contributed by atoms with Crippen molar-refractivity contribution >= 4 is 23.4 Å². The average molecular weight is 632 g/mol. The number of ether oxygens (including phenoxy) is 2. The van der Waals surface area contributed by atoms with Crippen LogP contribution in [-0.2, 0) is 14.3 Å². The van der Waals surface area contributed by atoms with Gasteiger partial charge in [0.1, 0.15) is 35.9 Å². The molecule has 5 unspecified atom stereocenters. The molecule has 0 spiro atoms. The number of thioether (sulfide) groups is 1. The van der Waals surface area contributed by atoms with Gasteiger partial charge in [-0.1, -0.05) is 44.2 Å². The number of nitrogens with two attached hydrogens (primary N) is 2. The summed E-state index contributed by atoms with van der Waals surface area (Å²) in [5, 5.41) is 40.3. The van der Waals surface area contributed by atoms with Gasteiger partial charge in [-0.05, 0) is 62.0 Å². The molecule has 11 nitrogen and oxygen atoms in total. The van der Waals surface area contributed by atoms with Crippen LogP contribution in [0.3, 0.4) is 0 Å². The molecule has 1 aromatic carbocycles. The number of allylic oxidation sites excluding steroid dienone is 1. The monoisotopic (exact) mass is 631 g/mol. The van der Waals surface area contributed by atoms with Crippen LogP contribution in [0.4, 0.5) is 5.69 Å². The Hall–Kier alpha value is -2.16. The lowest BCUT2D eigenvalue weighted by molar-refractivity contribution is -0.205. The number of hydrogen-bond acceptors (Lipinski definition) is 11. The number of nitrogens with zero attached hydrogens (tertiary/aromatic N) is 1. The maximum absolute atomic E-state index is 13.7. The molecule has 2 bridgehead atoms. The summed E-state index contributed by atoms with van der Waals surface area (Å²) in [5.74, 6) is 7.48. The van der Waals surface area contributed by atoms with Crippen LogP contribution in [0, 0.1) is 17.8 Å². The molecule has 4 heterocycles. The van der Waals surface area contributed by atoms with Crippen LogP contribution in [0.25, 0.3) is 0 Å². The third kappa shape index (κ3) is 7.79. The van der Waals surface area contributed by atoms with E-state index in [9.17, 15) is 20.1 Å². The van der Waals surface area contributed by atoms with E-state index in [-0.39, 0.29) is 23.2 Å². The van der Waals surface area contributed by atoms with Gasteiger partial charge < -0.3 is 41.2 Å². The van der Waals surface area contributed by atoms with Crippen molar-refractivity contribution in [3.05, 3.63) is 54.4 Å². The number of amides is 1. The predicted octanol–water partition coefficient (Wildman–Crippen LogP) is 1.34. The number of nitrogens with one attached hydrogen (secondary N) is 2. The lowest BCUT2D eigenvalue weighted by Gasteiger charge is -2.44. The van der Waals surface area contributed by atoms with Gasteiger partial charge in [0.15, 0.2) is 0 Å². The fourth-order valence-electron chi connectivity index (χ4n) is 6.95. The van der Waals surface area contributed by atoms with Crippen LogP contribution in [-0.4, -0.2) is 87.7 Å². The highest BCUT2D eigenvalue weighted by Gasteiger charge is 2.49. The Morgan fingerprint density at radius 1 is 1.14 bits per heavy atom. The van der Waals surface area contributed by atoms with Crippen molar-refractivity contribution in [1.29, 1.82) is 0 Å². The number of carbonyl (C=O) groups is 1.